The van der Waals surface area contributed by atoms with Crippen molar-refractivity contribution in [2.24, 2.45) is 5.73 Å². The lowest BCUT2D eigenvalue weighted by molar-refractivity contribution is -0.161. The van der Waals surface area contributed by atoms with Crippen LogP contribution in [0.2, 0.25) is 0 Å². The van der Waals surface area contributed by atoms with E-state index in [0.717, 1.165) is 11.3 Å². The topological polar surface area (TPSA) is 53.7 Å². The maximum Gasteiger partial charge on any atom is 0.196 e. The lowest BCUT2D eigenvalue weighted by atomic mass is 9.99. The second-order valence-electron chi connectivity index (χ2n) is 4.87. The Labute approximate surface area is 108 Å². The van der Waals surface area contributed by atoms with Crippen LogP contribution in [0.3, 0.4) is 0 Å². The van der Waals surface area contributed by atoms with Gasteiger partial charge in [-0.25, -0.2) is 0 Å². The van der Waals surface area contributed by atoms with Crippen LogP contribution in [0.15, 0.2) is 12.1 Å². The Kier molecular flexibility index (Phi) is 3.61. The van der Waals surface area contributed by atoms with E-state index in [1.165, 1.54) is 11.1 Å². The smallest absolute Gasteiger partial charge is 0.196 e. The molecule has 0 aromatic heterocycles. The van der Waals surface area contributed by atoms with E-state index >= 15 is 0 Å². The molecule has 1 aromatic carbocycles. The number of rotatable bonds is 3. The molecule has 2 atom stereocenters. The monoisotopic (exact) mass is 251 g/mol. The van der Waals surface area contributed by atoms with Crippen molar-refractivity contribution in [3.8, 4) is 5.75 Å². The highest BCUT2D eigenvalue weighted by Crippen LogP contribution is 2.39. The van der Waals surface area contributed by atoms with E-state index in [2.05, 4.69) is 19.9 Å². The van der Waals surface area contributed by atoms with Crippen LogP contribution in [-0.2, 0) is 15.3 Å². The second-order valence-corrected chi connectivity index (χ2v) is 4.87. The average Bonchev–Trinajstić information content (AvgIpc) is 2.75. The molecular weight excluding hydrogens is 230 g/mol. The molecule has 0 radical (unpaired) electrons. The minimum atomic E-state index is -0.770. The number of benzene rings is 1. The molecular formula is C14H21NO3. The molecule has 4 nitrogen and oxygen atoms in total. The highest BCUT2D eigenvalue weighted by atomic mass is 16.7. The van der Waals surface area contributed by atoms with Crippen molar-refractivity contribution in [3.05, 3.63) is 28.8 Å². The fourth-order valence-corrected chi connectivity index (χ4v) is 2.21. The van der Waals surface area contributed by atoms with Crippen LogP contribution >= 0.6 is 0 Å². The van der Waals surface area contributed by atoms with E-state index < -0.39 is 5.79 Å². The molecule has 18 heavy (non-hydrogen) atoms. The molecule has 1 saturated heterocycles. The van der Waals surface area contributed by atoms with E-state index in [4.69, 9.17) is 19.9 Å². The summed E-state index contributed by atoms with van der Waals surface area (Å²) in [5, 5.41) is 0. The molecule has 0 amide bonds. The van der Waals surface area contributed by atoms with Crippen molar-refractivity contribution < 1.29 is 14.2 Å². The first-order valence-corrected chi connectivity index (χ1v) is 6.17. The molecule has 2 unspecified atom stereocenters. The third-order valence-electron chi connectivity index (χ3n) is 3.50. The Bertz CT molecular complexity index is 447. The highest BCUT2D eigenvalue weighted by molar-refractivity contribution is 5.44. The standard InChI is InChI=1S/C14H21NO3/c1-9-5-12(13(16-4)6-10(9)2)14(3)17-8-11(7-15)18-14/h5-6,11H,7-8,15H2,1-4H3. The van der Waals surface area contributed by atoms with E-state index in [1.54, 1.807) is 7.11 Å². The van der Waals surface area contributed by atoms with Gasteiger partial charge >= 0.3 is 0 Å². The summed E-state index contributed by atoms with van der Waals surface area (Å²) < 4.78 is 17.1. The highest BCUT2D eigenvalue weighted by Gasteiger charge is 2.40. The summed E-state index contributed by atoms with van der Waals surface area (Å²) in [7, 11) is 1.66. The van der Waals surface area contributed by atoms with Crippen LogP contribution in [0.1, 0.15) is 23.6 Å². The zero-order valence-corrected chi connectivity index (χ0v) is 11.4. The maximum absolute atomic E-state index is 5.89. The predicted octanol–water partition coefficient (Wildman–Crippen LogP) is 1.86. The summed E-state index contributed by atoms with van der Waals surface area (Å²) in [5.74, 6) is 0.0201. The van der Waals surface area contributed by atoms with Gasteiger partial charge in [0.05, 0.1) is 25.4 Å². The van der Waals surface area contributed by atoms with Crippen molar-refractivity contribution >= 4 is 0 Å². The van der Waals surface area contributed by atoms with Gasteiger partial charge in [-0.15, -0.1) is 0 Å². The Morgan fingerprint density at radius 3 is 2.61 bits per heavy atom. The lowest BCUT2D eigenvalue weighted by Gasteiger charge is -2.26. The first-order chi connectivity index (χ1) is 8.50. The summed E-state index contributed by atoms with van der Waals surface area (Å²) in [5.41, 5.74) is 8.92. The van der Waals surface area contributed by atoms with E-state index in [0.29, 0.717) is 13.2 Å². The molecule has 100 valence electrons. The minimum Gasteiger partial charge on any atom is -0.496 e. The lowest BCUT2D eigenvalue weighted by Crippen LogP contribution is -2.27. The molecule has 4 heteroatoms. The Balaban J connectivity index is 2.41. The number of hydrogen-bond donors (Lipinski definition) is 1. The van der Waals surface area contributed by atoms with Gasteiger partial charge in [-0.3, -0.25) is 0 Å². The fraction of sp³-hybridized carbons (Fsp3) is 0.571. The third-order valence-corrected chi connectivity index (χ3v) is 3.50. The number of hydrogen-bond acceptors (Lipinski definition) is 4. The van der Waals surface area contributed by atoms with E-state index in [-0.39, 0.29) is 6.10 Å². The number of aryl methyl sites for hydroxylation is 2. The van der Waals surface area contributed by atoms with Crippen molar-refractivity contribution in [2.45, 2.75) is 32.7 Å². The van der Waals surface area contributed by atoms with Crippen molar-refractivity contribution in [3.63, 3.8) is 0 Å². The largest absolute Gasteiger partial charge is 0.496 e. The summed E-state index contributed by atoms with van der Waals surface area (Å²) >= 11 is 0. The van der Waals surface area contributed by atoms with Gasteiger partial charge in [0.2, 0.25) is 0 Å². The number of ether oxygens (including phenoxy) is 3. The molecule has 0 aliphatic carbocycles. The summed E-state index contributed by atoms with van der Waals surface area (Å²) in [4.78, 5) is 0. The summed E-state index contributed by atoms with van der Waals surface area (Å²) in [6, 6.07) is 4.07. The molecule has 1 aromatic rings. The molecule has 2 rings (SSSR count). The quantitative estimate of drug-likeness (QED) is 0.891. The van der Waals surface area contributed by atoms with Gasteiger partial charge < -0.3 is 19.9 Å². The van der Waals surface area contributed by atoms with Crippen LogP contribution in [0.5, 0.6) is 5.75 Å². The molecule has 0 saturated carbocycles. The Morgan fingerprint density at radius 2 is 2.06 bits per heavy atom. The van der Waals surface area contributed by atoms with Gasteiger partial charge in [0.1, 0.15) is 5.75 Å². The molecule has 0 bridgehead atoms. The Hall–Kier alpha value is -1.10. The van der Waals surface area contributed by atoms with Crippen LogP contribution < -0.4 is 10.5 Å². The van der Waals surface area contributed by atoms with Crippen molar-refractivity contribution in [1.82, 2.24) is 0 Å². The normalized spacial score (nSPS) is 27.5. The third kappa shape index (κ3) is 2.23. The molecule has 1 aliphatic rings. The zero-order chi connectivity index (χ0) is 13.3. The van der Waals surface area contributed by atoms with Crippen LogP contribution in [0, 0.1) is 13.8 Å². The summed E-state index contributed by atoms with van der Waals surface area (Å²) in [6.45, 7) is 7.02. The van der Waals surface area contributed by atoms with Crippen LogP contribution in [-0.4, -0.2) is 26.4 Å². The maximum atomic E-state index is 5.89. The molecule has 0 spiro atoms. The van der Waals surface area contributed by atoms with Crippen LogP contribution in [0.4, 0.5) is 0 Å². The van der Waals surface area contributed by atoms with Crippen molar-refractivity contribution in [1.29, 1.82) is 0 Å². The van der Waals surface area contributed by atoms with Gasteiger partial charge in [-0.1, -0.05) is 0 Å². The predicted molar refractivity (Wildman–Crippen MR) is 69.7 cm³/mol. The van der Waals surface area contributed by atoms with E-state index in [9.17, 15) is 0 Å². The first-order valence-electron chi connectivity index (χ1n) is 6.17. The van der Waals surface area contributed by atoms with Gasteiger partial charge in [0.25, 0.3) is 0 Å². The fourth-order valence-electron chi connectivity index (χ4n) is 2.21. The van der Waals surface area contributed by atoms with Crippen molar-refractivity contribution in [2.75, 3.05) is 20.3 Å². The molecule has 1 fully saturated rings. The van der Waals surface area contributed by atoms with Crippen LogP contribution in [0.25, 0.3) is 0 Å². The number of nitrogens with two attached hydrogens (primary N) is 1. The zero-order valence-electron chi connectivity index (χ0n) is 11.4. The molecule has 1 heterocycles. The number of methoxy groups -OCH3 is 1. The molecule has 1 aliphatic heterocycles. The second kappa shape index (κ2) is 4.88. The van der Waals surface area contributed by atoms with Gasteiger partial charge in [0, 0.05) is 6.54 Å². The minimum absolute atomic E-state index is 0.0543. The Morgan fingerprint density at radius 1 is 1.39 bits per heavy atom. The first kappa shape index (κ1) is 13.3. The van der Waals surface area contributed by atoms with Gasteiger partial charge in [0.15, 0.2) is 5.79 Å². The summed E-state index contributed by atoms with van der Waals surface area (Å²) in [6.07, 6.45) is -0.0543. The average molecular weight is 251 g/mol. The van der Waals surface area contributed by atoms with E-state index in [1.807, 2.05) is 13.0 Å². The SMILES string of the molecule is COc1cc(C)c(C)cc1C1(C)OCC(CN)O1. The van der Waals surface area contributed by atoms with Gasteiger partial charge in [-0.05, 0) is 44.0 Å². The van der Waals surface area contributed by atoms with Gasteiger partial charge in [-0.2, -0.15) is 0 Å². The molecule has 2 N–H and O–H groups in total.